The Morgan fingerprint density at radius 3 is 2.74 bits per heavy atom. The van der Waals surface area contributed by atoms with Gasteiger partial charge in [-0.15, -0.1) is 11.3 Å². The number of anilines is 1. The van der Waals surface area contributed by atoms with E-state index >= 15 is 0 Å². The molecule has 7 heteroatoms. The highest BCUT2D eigenvalue weighted by molar-refractivity contribution is 7.18. The van der Waals surface area contributed by atoms with Crippen molar-refractivity contribution in [3.05, 3.63) is 57.7 Å². The van der Waals surface area contributed by atoms with Crippen molar-refractivity contribution in [2.45, 2.75) is 19.9 Å². The number of aromatic nitrogens is 2. The summed E-state index contributed by atoms with van der Waals surface area (Å²) in [5.41, 5.74) is 0.220. The molecule has 2 heterocycles. The van der Waals surface area contributed by atoms with E-state index in [1.165, 1.54) is 46.5 Å². The van der Waals surface area contributed by atoms with E-state index in [1.807, 2.05) is 6.92 Å². The maximum Gasteiger partial charge on any atom is 0.262 e. The van der Waals surface area contributed by atoms with Crippen LogP contribution in [0.15, 0.2) is 41.5 Å². The third-order valence-electron chi connectivity index (χ3n) is 3.51. The molecule has 23 heavy (non-hydrogen) atoms. The van der Waals surface area contributed by atoms with E-state index < -0.39 is 6.04 Å². The third kappa shape index (κ3) is 3.00. The molecule has 3 rings (SSSR count). The Morgan fingerprint density at radius 1 is 1.35 bits per heavy atom. The van der Waals surface area contributed by atoms with Gasteiger partial charge in [0.25, 0.3) is 5.56 Å². The van der Waals surface area contributed by atoms with Crippen molar-refractivity contribution in [2.24, 2.45) is 0 Å². The average Bonchev–Trinajstić information content (AvgIpc) is 2.91. The Hall–Kier alpha value is -2.54. The summed E-state index contributed by atoms with van der Waals surface area (Å²) in [7, 11) is 0. The molecule has 0 spiro atoms. The number of carbonyl (C=O) groups is 1. The highest BCUT2D eigenvalue weighted by Gasteiger charge is 2.18. The monoisotopic (exact) mass is 331 g/mol. The van der Waals surface area contributed by atoms with Gasteiger partial charge in [0.1, 0.15) is 16.7 Å². The van der Waals surface area contributed by atoms with Crippen LogP contribution in [0, 0.1) is 12.7 Å². The summed E-state index contributed by atoms with van der Waals surface area (Å²) in [6, 6.07) is 6.49. The fraction of sp³-hybridized carbons (Fsp3) is 0.188. The summed E-state index contributed by atoms with van der Waals surface area (Å²) in [6.45, 7) is 3.52. The van der Waals surface area contributed by atoms with Crippen molar-refractivity contribution in [1.29, 1.82) is 0 Å². The van der Waals surface area contributed by atoms with Gasteiger partial charge < -0.3 is 5.32 Å². The number of fused-ring (bicyclic) bond motifs is 1. The zero-order valence-electron chi connectivity index (χ0n) is 12.5. The predicted molar refractivity (Wildman–Crippen MR) is 88.4 cm³/mol. The van der Waals surface area contributed by atoms with Crippen molar-refractivity contribution < 1.29 is 9.18 Å². The van der Waals surface area contributed by atoms with Crippen LogP contribution in [0.2, 0.25) is 0 Å². The molecule has 5 nitrogen and oxygen atoms in total. The van der Waals surface area contributed by atoms with E-state index in [0.29, 0.717) is 15.9 Å². The lowest BCUT2D eigenvalue weighted by molar-refractivity contribution is -0.118. The van der Waals surface area contributed by atoms with E-state index in [-0.39, 0.29) is 17.3 Å². The van der Waals surface area contributed by atoms with Crippen molar-refractivity contribution in [2.75, 3.05) is 5.32 Å². The van der Waals surface area contributed by atoms with Crippen LogP contribution in [0.5, 0.6) is 0 Å². The Balaban J connectivity index is 1.88. The van der Waals surface area contributed by atoms with Gasteiger partial charge >= 0.3 is 0 Å². The van der Waals surface area contributed by atoms with Gasteiger partial charge in [-0.3, -0.25) is 14.2 Å². The van der Waals surface area contributed by atoms with Crippen LogP contribution < -0.4 is 10.9 Å². The number of carbonyl (C=O) groups excluding carboxylic acids is 1. The molecular weight excluding hydrogens is 317 g/mol. The molecule has 0 aliphatic rings. The van der Waals surface area contributed by atoms with Gasteiger partial charge in [-0.25, -0.2) is 9.37 Å². The minimum atomic E-state index is -0.732. The Morgan fingerprint density at radius 2 is 2.04 bits per heavy atom. The smallest absolute Gasteiger partial charge is 0.262 e. The van der Waals surface area contributed by atoms with Crippen LogP contribution in [-0.2, 0) is 4.79 Å². The predicted octanol–water partition coefficient (Wildman–Crippen LogP) is 3.11. The Kier molecular flexibility index (Phi) is 3.96. The van der Waals surface area contributed by atoms with Crippen LogP contribution in [0.25, 0.3) is 10.2 Å². The molecule has 0 unspecified atom stereocenters. The molecule has 0 fully saturated rings. The van der Waals surface area contributed by atoms with Gasteiger partial charge in [0.15, 0.2) is 0 Å². The quantitative estimate of drug-likeness (QED) is 0.802. The summed E-state index contributed by atoms with van der Waals surface area (Å²) >= 11 is 1.44. The molecule has 0 saturated heterocycles. The molecule has 0 saturated carbocycles. The number of amides is 1. The third-order valence-corrected chi connectivity index (χ3v) is 4.47. The maximum atomic E-state index is 12.9. The molecule has 0 radical (unpaired) electrons. The number of thiophene rings is 1. The minimum Gasteiger partial charge on any atom is -0.324 e. The molecule has 0 aliphatic carbocycles. The number of aryl methyl sites for hydroxylation is 1. The summed E-state index contributed by atoms with van der Waals surface area (Å²) in [4.78, 5) is 30.7. The first-order chi connectivity index (χ1) is 11.0. The first-order valence-electron chi connectivity index (χ1n) is 6.99. The largest absolute Gasteiger partial charge is 0.324 e. The molecule has 2 aromatic heterocycles. The van der Waals surface area contributed by atoms with Gasteiger partial charge in [-0.2, -0.15) is 0 Å². The van der Waals surface area contributed by atoms with Gasteiger partial charge in [-0.1, -0.05) is 0 Å². The number of hydrogen-bond acceptors (Lipinski definition) is 4. The molecule has 1 aromatic carbocycles. The molecule has 1 atom stereocenters. The second-order valence-electron chi connectivity index (χ2n) is 5.20. The Labute approximate surface area is 135 Å². The molecule has 0 aliphatic heterocycles. The van der Waals surface area contributed by atoms with Crippen molar-refractivity contribution in [1.82, 2.24) is 9.55 Å². The minimum absolute atomic E-state index is 0.249. The lowest BCUT2D eigenvalue weighted by Gasteiger charge is -2.14. The number of hydrogen-bond donors (Lipinski definition) is 1. The fourth-order valence-corrected chi connectivity index (χ4v) is 3.08. The van der Waals surface area contributed by atoms with Crippen LogP contribution in [0.3, 0.4) is 0 Å². The summed E-state index contributed by atoms with van der Waals surface area (Å²) < 4.78 is 14.2. The second-order valence-corrected chi connectivity index (χ2v) is 6.44. The number of nitrogens with zero attached hydrogens (tertiary/aromatic N) is 2. The zero-order valence-corrected chi connectivity index (χ0v) is 13.4. The lowest BCUT2D eigenvalue weighted by Crippen LogP contribution is -2.31. The topological polar surface area (TPSA) is 64.0 Å². The standard InChI is InChI=1S/C16H14FN3O2S/c1-9-7-13-15(23-9)18-8-20(16(13)22)10(2)14(21)19-12-5-3-11(17)4-6-12/h3-8,10H,1-2H3,(H,19,21)/t10-/m1/s1. The molecule has 118 valence electrons. The van der Waals surface area contributed by atoms with Gasteiger partial charge in [0.2, 0.25) is 5.91 Å². The second kappa shape index (κ2) is 5.92. The molecule has 1 amide bonds. The Bertz CT molecular complexity index is 931. The van der Waals surface area contributed by atoms with Gasteiger partial charge in [0.05, 0.1) is 11.7 Å². The number of nitrogens with one attached hydrogen (secondary N) is 1. The van der Waals surface area contributed by atoms with Gasteiger partial charge in [-0.05, 0) is 44.2 Å². The van der Waals surface area contributed by atoms with E-state index in [9.17, 15) is 14.0 Å². The summed E-state index contributed by atoms with van der Waals surface area (Å²) in [6.07, 6.45) is 1.38. The van der Waals surface area contributed by atoms with Crippen LogP contribution >= 0.6 is 11.3 Å². The SMILES string of the molecule is Cc1cc2c(=O)n([C@H](C)C(=O)Nc3ccc(F)cc3)cnc2s1. The van der Waals surface area contributed by atoms with Crippen LogP contribution in [0.1, 0.15) is 17.8 Å². The summed E-state index contributed by atoms with van der Waals surface area (Å²) in [5, 5.41) is 3.17. The highest BCUT2D eigenvalue weighted by atomic mass is 32.1. The first-order valence-corrected chi connectivity index (χ1v) is 7.81. The molecule has 1 N–H and O–H groups in total. The van der Waals surface area contributed by atoms with E-state index in [0.717, 1.165) is 4.88 Å². The normalized spacial score (nSPS) is 12.3. The molecule has 0 bridgehead atoms. The number of rotatable bonds is 3. The van der Waals surface area contributed by atoms with Gasteiger partial charge in [0, 0.05) is 10.6 Å². The average molecular weight is 331 g/mol. The lowest BCUT2D eigenvalue weighted by atomic mass is 10.2. The van der Waals surface area contributed by atoms with E-state index in [4.69, 9.17) is 0 Å². The fourth-order valence-electron chi connectivity index (χ4n) is 2.24. The highest BCUT2D eigenvalue weighted by Crippen LogP contribution is 2.20. The van der Waals surface area contributed by atoms with Crippen molar-refractivity contribution in [3.8, 4) is 0 Å². The summed E-state index contributed by atoms with van der Waals surface area (Å²) in [5.74, 6) is -0.749. The zero-order chi connectivity index (χ0) is 16.6. The maximum absolute atomic E-state index is 12.9. The number of halogens is 1. The van der Waals surface area contributed by atoms with E-state index in [2.05, 4.69) is 10.3 Å². The molecular formula is C16H14FN3O2S. The van der Waals surface area contributed by atoms with Crippen LogP contribution in [0.4, 0.5) is 10.1 Å². The van der Waals surface area contributed by atoms with Crippen LogP contribution in [-0.4, -0.2) is 15.5 Å². The molecule has 3 aromatic rings. The van der Waals surface area contributed by atoms with E-state index in [1.54, 1.807) is 13.0 Å². The number of benzene rings is 1. The van der Waals surface area contributed by atoms with Crippen molar-refractivity contribution in [3.63, 3.8) is 0 Å². The van der Waals surface area contributed by atoms with Crippen molar-refractivity contribution >= 4 is 33.1 Å². The first kappa shape index (κ1) is 15.4.